The highest BCUT2D eigenvalue weighted by Gasteiger charge is 2.15. The highest BCUT2D eigenvalue weighted by molar-refractivity contribution is 7.09. The molecule has 0 bridgehead atoms. The zero-order chi connectivity index (χ0) is 16.6. The summed E-state index contributed by atoms with van der Waals surface area (Å²) in [6.45, 7) is 1.26. The summed E-state index contributed by atoms with van der Waals surface area (Å²) >= 11 is 1.68. The molecule has 0 atom stereocenters. The lowest BCUT2D eigenvalue weighted by Crippen LogP contribution is -2.29. The topological polar surface area (TPSA) is 33.5 Å². The summed E-state index contributed by atoms with van der Waals surface area (Å²) in [6, 6.07) is 16.3. The molecule has 0 radical (unpaired) electrons. The Labute approximate surface area is 146 Å². The standard InChI is InChI=1S/C20H21NO2S/c22-20(10-4-8-17-6-2-1-3-7-17)21(14-18-11-12-23-16-18)15-19-9-5-13-24-19/h1-3,5-7,9,11-13,16H,4,8,10,14-15H2. The van der Waals surface area contributed by atoms with Crippen LogP contribution in [0.25, 0.3) is 0 Å². The molecule has 2 aromatic heterocycles. The molecule has 0 aliphatic rings. The minimum absolute atomic E-state index is 0.195. The van der Waals surface area contributed by atoms with Crippen molar-refractivity contribution < 1.29 is 9.21 Å². The van der Waals surface area contributed by atoms with E-state index in [9.17, 15) is 4.79 Å². The molecule has 0 saturated heterocycles. The number of benzene rings is 1. The predicted molar refractivity (Wildman–Crippen MR) is 96.7 cm³/mol. The third kappa shape index (κ3) is 4.83. The Morgan fingerprint density at radius 3 is 2.58 bits per heavy atom. The van der Waals surface area contributed by atoms with Crippen LogP contribution in [-0.2, 0) is 24.3 Å². The van der Waals surface area contributed by atoms with Crippen LogP contribution in [0.1, 0.15) is 28.8 Å². The first-order valence-electron chi connectivity index (χ1n) is 8.16. The Hall–Kier alpha value is -2.33. The molecule has 24 heavy (non-hydrogen) atoms. The Morgan fingerprint density at radius 2 is 1.88 bits per heavy atom. The fourth-order valence-corrected chi connectivity index (χ4v) is 3.39. The molecular weight excluding hydrogens is 318 g/mol. The van der Waals surface area contributed by atoms with E-state index in [1.807, 2.05) is 40.6 Å². The van der Waals surface area contributed by atoms with Gasteiger partial charge in [0.25, 0.3) is 0 Å². The fraction of sp³-hybridized carbons (Fsp3) is 0.250. The molecule has 2 heterocycles. The SMILES string of the molecule is O=C(CCCc1ccccc1)N(Cc1ccoc1)Cc1cccs1. The van der Waals surface area contributed by atoms with Crippen LogP contribution >= 0.6 is 11.3 Å². The van der Waals surface area contributed by atoms with Crippen LogP contribution in [0.15, 0.2) is 70.9 Å². The van der Waals surface area contributed by atoms with Crippen molar-refractivity contribution in [1.29, 1.82) is 0 Å². The molecular formula is C20H21NO2S. The van der Waals surface area contributed by atoms with Gasteiger partial charge in [0.1, 0.15) is 0 Å². The van der Waals surface area contributed by atoms with Crippen molar-refractivity contribution in [1.82, 2.24) is 4.90 Å². The summed E-state index contributed by atoms with van der Waals surface area (Å²) in [5.74, 6) is 0.195. The number of nitrogens with zero attached hydrogens (tertiary/aromatic N) is 1. The van der Waals surface area contributed by atoms with Crippen molar-refractivity contribution in [2.75, 3.05) is 0 Å². The number of aryl methyl sites for hydroxylation is 1. The molecule has 3 nitrogen and oxygen atoms in total. The molecule has 4 heteroatoms. The van der Waals surface area contributed by atoms with Gasteiger partial charge in [-0.25, -0.2) is 0 Å². The third-order valence-electron chi connectivity index (χ3n) is 3.93. The van der Waals surface area contributed by atoms with E-state index >= 15 is 0 Å². The van der Waals surface area contributed by atoms with Crippen molar-refractivity contribution in [2.24, 2.45) is 0 Å². The second-order valence-electron chi connectivity index (χ2n) is 5.80. The molecule has 0 saturated carbocycles. The quantitative estimate of drug-likeness (QED) is 0.585. The van der Waals surface area contributed by atoms with Gasteiger partial charge < -0.3 is 9.32 Å². The average molecular weight is 339 g/mol. The van der Waals surface area contributed by atoms with Gasteiger partial charge in [-0.2, -0.15) is 0 Å². The van der Waals surface area contributed by atoms with E-state index in [0.717, 1.165) is 18.4 Å². The number of carbonyl (C=O) groups excluding carboxylic acids is 1. The largest absolute Gasteiger partial charge is 0.472 e. The van der Waals surface area contributed by atoms with Crippen LogP contribution in [-0.4, -0.2) is 10.8 Å². The number of furan rings is 1. The lowest BCUT2D eigenvalue weighted by Gasteiger charge is -2.21. The highest BCUT2D eigenvalue weighted by Crippen LogP contribution is 2.17. The first-order chi connectivity index (χ1) is 11.8. The first kappa shape index (κ1) is 16.5. The van der Waals surface area contributed by atoms with Crippen LogP contribution in [0.5, 0.6) is 0 Å². The molecule has 3 rings (SSSR count). The van der Waals surface area contributed by atoms with Crippen molar-refractivity contribution >= 4 is 17.2 Å². The van der Waals surface area contributed by atoms with Gasteiger partial charge in [0, 0.05) is 23.4 Å². The summed E-state index contributed by atoms with van der Waals surface area (Å²) in [7, 11) is 0. The molecule has 3 aromatic rings. The Balaban J connectivity index is 1.57. The number of rotatable bonds is 8. The van der Waals surface area contributed by atoms with Gasteiger partial charge in [0.2, 0.25) is 5.91 Å². The van der Waals surface area contributed by atoms with Crippen molar-refractivity contribution in [2.45, 2.75) is 32.4 Å². The maximum atomic E-state index is 12.7. The van der Waals surface area contributed by atoms with Gasteiger partial charge in [-0.1, -0.05) is 36.4 Å². The maximum Gasteiger partial charge on any atom is 0.223 e. The molecule has 1 aromatic carbocycles. The minimum atomic E-state index is 0.195. The average Bonchev–Trinajstić information content (AvgIpc) is 3.29. The summed E-state index contributed by atoms with van der Waals surface area (Å²) in [5, 5.41) is 2.05. The van der Waals surface area contributed by atoms with Crippen molar-refractivity contribution in [3.8, 4) is 0 Å². The predicted octanol–water partition coefficient (Wildman–Crippen LogP) is 4.89. The van der Waals surface area contributed by atoms with E-state index in [1.54, 1.807) is 23.9 Å². The number of carbonyl (C=O) groups is 1. The molecule has 0 aliphatic carbocycles. The Bertz CT molecular complexity index is 684. The van der Waals surface area contributed by atoms with Gasteiger partial charge in [0.05, 0.1) is 19.1 Å². The van der Waals surface area contributed by atoms with Crippen LogP contribution in [0.4, 0.5) is 0 Å². The number of hydrogen-bond donors (Lipinski definition) is 0. The van der Waals surface area contributed by atoms with Crippen LogP contribution in [0, 0.1) is 0 Å². The second-order valence-corrected chi connectivity index (χ2v) is 6.83. The van der Waals surface area contributed by atoms with Crippen LogP contribution < -0.4 is 0 Å². The fourth-order valence-electron chi connectivity index (χ4n) is 2.67. The molecule has 124 valence electrons. The molecule has 0 spiro atoms. The zero-order valence-corrected chi connectivity index (χ0v) is 14.4. The smallest absolute Gasteiger partial charge is 0.223 e. The molecule has 0 unspecified atom stereocenters. The second kappa shape index (κ2) is 8.50. The van der Waals surface area contributed by atoms with Gasteiger partial charge in [0.15, 0.2) is 0 Å². The highest BCUT2D eigenvalue weighted by atomic mass is 32.1. The number of thiophene rings is 1. The van der Waals surface area contributed by atoms with Gasteiger partial charge in [-0.3, -0.25) is 4.79 Å². The third-order valence-corrected chi connectivity index (χ3v) is 4.79. The van der Waals surface area contributed by atoms with E-state index in [2.05, 4.69) is 18.2 Å². The lowest BCUT2D eigenvalue weighted by molar-refractivity contribution is -0.132. The van der Waals surface area contributed by atoms with E-state index in [1.165, 1.54) is 10.4 Å². The summed E-state index contributed by atoms with van der Waals surface area (Å²) in [4.78, 5) is 15.8. The van der Waals surface area contributed by atoms with Crippen LogP contribution in [0.3, 0.4) is 0 Å². The number of amides is 1. The van der Waals surface area contributed by atoms with Crippen molar-refractivity contribution in [3.63, 3.8) is 0 Å². The summed E-state index contributed by atoms with van der Waals surface area (Å²) < 4.78 is 5.13. The summed E-state index contributed by atoms with van der Waals surface area (Å²) in [5.41, 5.74) is 2.31. The summed E-state index contributed by atoms with van der Waals surface area (Å²) in [6.07, 6.45) is 5.73. The van der Waals surface area contributed by atoms with Gasteiger partial charge >= 0.3 is 0 Å². The van der Waals surface area contributed by atoms with E-state index < -0.39 is 0 Å². The zero-order valence-electron chi connectivity index (χ0n) is 13.6. The monoisotopic (exact) mass is 339 g/mol. The molecule has 0 fully saturated rings. The van der Waals surface area contributed by atoms with E-state index in [-0.39, 0.29) is 5.91 Å². The molecule has 0 aliphatic heterocycles. The van der Waals surface area contributed by atoms with Crippen LogP contribution in [0.2, 0.25) is 0 Å². The normalized spacial score (nSPS) is 10.7. The van der Waals surface area contributed by atoms with E-state index in [4.69, 9.17) is 4.42 Å². The number of hydrogen-bond acceptors (Lipinski definition) is 3. The maximum absolute atomic E-state index is 12.7. The molecule has 0 N–H and O–H groups in total. The lowest BCUT2D eigenvalue weighted by atomic mass is 10.1. The van der Waals surface area contributed by atoms with E-state index in [0.29, 0.717) is 19.5 Å². The van der Waals surface area contributed by atoms with Gasteiger partial charge in [-0.05, 0) is 35.9 Å². The Kier molecular flexibility index (Phi) is 5.85. The molecule has 1 amide bonds. The van der Waals surface area contributed by atoms with Gasteiger partial charge in [-0.15, -0.1) is 11.3 Å². The van der Waals surface area contributed by atoms with Crippen molar-refractivity contribution in [3.05, 3.63) is 82.4 Å². The minimum Gasteiger partial charge on any atom is -0.472 e. The Morgan fingerprint density at radius 1 is 1.00 bits per heavy atom. The first-order valence-corrected chi connectivity index (χ1v) is 9.04.